The van der Waals surface area contributed by atoms with Gasteiger partial charge in [-0.05, 0) is 160 Å². The highest BCUT2D eigenvalue weighted by atomic mass is 15.0. The second kappa shape index (κ2) is 18.9. The van der Waals surface area contributed by atoms with E-state index in [2.05, 4.69) is 241 Å². The van der Waals surface area contributed by atoms with E-state index >= 15 is 0 Å². The zero-order valence-electron chi connectivity index (χ0n) is 40.3. The quantitative estimate of drug-likeness (QED) is 0.109. The molecule has 2 aromatic heterocycles. The molecule has 0 saturated carbocycles. The Morgan fingerprint density at radius 1 is 0.357 bits per heavy atom. The number of aryl methyl sites for hydroxylation is 2. The smallest absolute Gasteiger partial charge is 0.0541 e. The summed E-state index contributed by atoms with van der Waals surface area (Å²) in [5.74, 6) is 0. The molecule has 0 spiro atoms. The highest BCUT2D eigenvalue weighted by Crippen LogP contribution is 2.42. The van der Waals surface area contributed by atoms with Crippen molar-refractivity contribution in [1.29, 1.82) is 0 Å². The summed E-state index contributed by atoms with van der Waals surface area (Å²) in [6, 6.07) is 77.1. The van der Waals surface area contributed by atoms with Crippen LogP contribution in [-0.4, -0.2) is 9.13 Å². The van der Waals surface area contributed by atoms with E-state index in [1.807, 2.05) is 0 Å². The summed E-state index contributed by atoms with van der Waals surface area (Å²) in [6.07, 6.45) is 13.8. The molecule has 70 heavy (non-hydrogen) atoms. The van der Waals surface area contributed by atoms with E-state index < -0.39 is 0 Å². The van der Waals surface area contributed by atoms with Crippen LogP contribution in [0.1, 0.15) is 69.1 Å². The molecule has 11 aromatic rings. The zero-order chi connectivity index (χ0) is 47.0. The van der Waals surface area contributed by atoms with E-state index in [0.29, 0.717) is 0 Å². The van der Waals surface area contributed by atoms with E-state index in [9.17, 15) is 0 Å². The Kier molecular flexibility index (Phi) is 11.7. The molecule has 0 fully saturated rings. The summed E-state index contributed by atoms with van der Waals surface area (Å²) in [6.45, 7) is 4.54. The Bertz CT molecular complexity index is 3790. The van der Waals surface area contributed by atoms with Crippen LogP contribution in [-0.2, 0) is 12.8 Å². The van der Waals surface area contributed by atoms with Crippen molar-refractivity contribution in [3.8, 4) is 50.2 Å². The second-order valence-corrected chi connectivity index (χ2v) is 19.2. The molecular weight excluding hydrogens is 845 g/mol. The summed E-state index contributed by atoms with van der Waals surface area (Å²) < 4.78 is 4.95. The maximum absolute atomic E-state index is 2.51. The van der Waals surface area contributed by atoms with E-state index in [1.165, 1.54) is 142 Å². The van der Waals surface area contributed by atoms with Crippen molar-refractivity contribution < 1.29 is 0 Å². The van der Waals surface area contributed by atoms with Gasteiger partial charge in [-0.25, -0.2) is 0 Å². The Morgan fingerprint density at radius 3 is 1.57 bits per heavy atom. The summed E-state index contributed by atoms with van der Waals surface area (Å²) in [7, 11) is 0. The van der Waals surface area contributed by atoms with Crippen molar-refractivity contribution in [3.63, 3.8) is 0 Å². The minimum atomic E-state index is 0.970. The number of fused-ring (bicyclic) bond motifs is 6. The Balaban J connectivity index is 0.882. The summed E-state index contributed by atoms with van der Waals surface area (Å²) in [5.41, 5.74) is 23.2. The van der Waals surface area contributed by atoms with Crippen molar-refractivity contribution >= 4 is 54.9 Å². The monoisotopic (exact) mass is 902 g/mol. The molecule has 1 aliphatic carbocycles. The second-order valence-electron chi connectivity index (χ2n) is 19.2. The first kappa shape index (κ1) is 43.3. The van der Waals surface area contributed by atoms with Crippen LogP contribution in [0.15, 0.2) is 218 Å². The third-order valence-electron chi connectivity index (χ3n) is 14.9. The number of unbranched alkanes of at least 4 members (excludes halogenated alkanes) is 2. The van der Waals surface area contributed by atoms with E-state index in [1.54, 1.807) is 0 Å². The zero-order valence-corrected chi connectivity index (χ0v) is 40.3. The van der Waals surface area contributed by atoms with Crippen LogP contribution in [0, 0.1) is 0 Å². The van der Waals surface area contributed by atoms with Gasteiger partial charge in [-0.15, -0.1) is 0 Å². The maximum Gasteiger partial charge on any atom is 0.0541 e. The Hall–Kier alpha value is -7.94. The van der Waals surface area contributed by atoms with Crippen LogP contribution in [0.4, 0.5) is 0 Å². The number of hydrogen-bond acceptors (Lipinski definition) is 0. The SMILES string of the molecule is CCCCc1cccc(-c2ccccc2-c2ccc(-n3c4ccccc4c4cc(-c5ccc6c(c5)c5ccccc5n6C5=CC=C(c6ccccc6-c6ccccc6CCCC)CC5)ccc43)cc2)c1. The molecule has 0 amide bonds. The van der Waals surface area contributed by atoms with Crippen LogP contribution >= 0.6 is 0 Å². The van der Waals surface area contributed by atoms with Gasteiger partial charge in [0.25, 0.3) is 0 Å². The molecule has 0 saturated heterocycles. The number of rotatable bonds is 13. The third-order valence-corrected chi connectivity index (χ3v) is 14.9. The van der Waals surface area contributed by atoms with Gasteiger partial charge in [-0.1, -0.05) is 190 Å². The fourth-order valence-corrected chi connectivity index (χ4v) is 11.3. The average Bonchev–Trinajstić information content (AvgIpc) is 3.94. The molecule has 0 N–H and O–H groups in total. The minimum absolute atomic E-state index is 0.970. The van der Waals surface area contributed by atoms with Gasteiger partial charge in [0, 0.05) is 32.9 Å². The molecule has 0 atom stereocenters. The average molecular weight is 903 g/mol. The normalized spacial score (nSPS) is 12.8. The summed E-state index contributed by atoms with van der Waals surface area (Å²) >= 11 is 0. The van der Waals surface area contributed by atoms with Gasteiger partial charge < -0.3 is 9.13 Å². The van der Waals surface area contributed by atoms with E-state index in [4.69, 9.17) is 0 Å². The first-order valence-corrected chi connectivity index (χ1v) is 25.6. The van der Waals surface area contributed by atoms with Crippen LogP contribution < -0.4 is 0 Å². The standard InChI is InChI=1S/C68H58N2/c1-3-5-18-47-19-17-22-53(44-47)59-26-10-9-23-56(59)49-32-38-54(39-33-49)69-65-30-15-13-28-61(65)63-45-51(36-42-67(63)69)52-37-43-68-64(46-52)62-29-14-16-31-66(62)70(68)55-40-34-50(35-41-55)58-25-11-12-27-60(58)57-24-8-7-21-48(57)20-6-4-2/h7-17,19,21-34,36-40,42-46H,3-6,18,20,35,41H2,1-2H3. The lowest BCUT2D eigenvalue weighted by atomic mass is 9.87. The van der Waals surface area contributed by atoms with Gasteiger partial charge in [-0.2, -0.15) is 0 Å². The highest BCUT2D eigenvalue weighted by Gasteiger charge is 2.20. The summed E-state index contributed by atoms with van der Waals surface area (Å²) in [4.78, 5) is 0. The van der Waals surface area contributed by atoms with Crippen molar-refractivity contribution in [2.75, 3.05) is 0 Å². The lowest BCUT2D eigenvalue weighted by molar-refractivity contribution is 0.795. The Morgan fingerprint density at radius 2 is 0.900 bits per heavy atom. The number of hydrogen-bond donors (Lipinski definition) is 0. The largest absolute Gasteiger partial charge is 0.313 e. The molecule has 0 radical (unpaired) electrons. The van der Waals surface area contributed by atoms with E-state index in [0.717, 1.165) is 31.4 Å². The number of allylic oxidation sites excluding steroid dienone is 4. The third kappa shape index (κ3) is 7.88. The lowest BCUT2D eigenvalue weighted by Gasteiger charge is -2.21. The Labute approximate surface area is 412 Å². The topological polar surface area (TPSA) is 9.86 Å². The lowest BCUT2D eigenvalue weighted by Crippen LogP contribution is -2.02. The molecule has 2 heterocycles. The fourth-order valence-electron chi connectivity index (χ4n) is 11.3. The van der Waals surface area contributed by atoms with Gasteiger partial charge in [0.2, 0.25) is 0 Å². The predicted molar refractivity (Wildman–Crippen MR) is 301 cm³/mol. The molecule has 0 aliphatic heterocycles. The number of benzene rings is 9. The van der Waals surface area contributed by atoms with Gasteiger partial charge >= 0.3 is 0 Å². The molecule has 1 aliphatic rings. The van der Waals surface area contributed by atoms with Crippen molar-refractivity contribution in [3.05, 3.63) is 235 Å². The molecule has 2 nitrogen and oxygen atoms in total. The van der Waals surface area contributed by atoms with Crippen molar-refractivity contribution in [2.45, 2.75) is 65.2 Å². The molecule has 2 heteroatoms. The van der Waals surface area contributed by atoms with Gasteiger partial charge in [-0.3, -0.25) is 0 Å². The highest BCUT2D eigenvalue weighted by molar-refractivity contribution is 6.13. The molecule has 0 unspecified atom stereocenters. The molecular formula is C68H58N2. The minimum Gasteiger partial charge on any atom is -0.313 e. The molecule has 0 bridgehead atoms. The van der Waals surface area contributed by atoms with Crippen LogP contribution in [0.2, 0.25) is 0 Å². The fraction of sp³-hybridized carbons (Fsp3) is 0.147. The first-order chi connectivity index (χ1) is 34.6. The van der Waals surface area contributed by atoms with Crippen LogP contribution in [0.5, 0.6) is 0 Å². The van der Waals surface area contributed by atoms with E-state index in [-0.39, 0.29) is 0 Å². The molecule has 12 rings (SSSR count). The van der Waals surface area contributed by atoms with Crippen LogP contribution in [0.3, 0.4) is 0 Å². The van der Waals surface area contributed by atoms with Crippen molar-refractivity contribution in [1.82, 2.24) is 9.13 Å². The number of aromatic nitrogens is 2. The van der Waals surface area contributed by atoms with Gasteiger partial charge in [0.05, 0.1) is 22.1 Å². The van der Waals surface area contributed by atoms with Gasteiger partial charge in [0.1, 0.15) is 0 Å². The number of nitrogens with zero attached hydrogens (tertiary/aromatic N) is 2. The maximum atomic E-state index is 2.51. The number of para-hydroxylation sites is 2. The molecule has 340 valence electrons. The first-order valence-electron chi connectivity index (χ1n) is 25.6. The van der Waals surface area contributed by atoms with Crippen molar-refractivity contribution in [2.24, 2.45) is 0 Å². The predicted octanol–water partition coefficient (Wildman–Crippen LogP) is 19.0. The molecule has 9 aromatic carbocycles. The summed E-state index contributed by atoms with van der Waals surface area (Å²) in [5, 5.41) is 5.09. The van der Waals surface area contributed by atoms with Crippen LogP contribution in [0.25, 0.3) is 105 Å². The van der Waals surface area contributed by atoms with Gasteiger partial charge in [0.15, 0.2) is 0 Å².